The number of aliphatic imine (C=N–C) groups is 1. The minimum atomic E-state index is -0.362. The Morgan fingerprint density at radius 3 is 2.68 bits per heavy atom. The van der Waals surface area contributed by atoms with E-state index in [1.165, 1.54) is 24.3 Å². The van der Waals surface area contributed by atoms with E-state index in [-0.39, 0.29) is 11.7 Å². The third-order valence-electron chi connectivity index (χ3n) is 3.27. The van der Waals surface area contributed by atoms with Gasteiger partial charge in [-0.25, -0.2) is 4.39 Å². The fourth-order valence-corrected chi connectivity index (χ4v) is 3.12. The van der Waals surface area contributed by atoms with Crippen molar-refractivity contribution in [3.05, 3.63) is 65.7 Å². The Hall–Kier alpha value is -2.21. The summed E-state index contributed by atoms with van der Waals surface area (Å²) < 4.78 is 12.9. The van der Waals surface area contributed by atoms with Gasteiger partial charge in [0.05, 0.1) is 0 Å². The van der Waals surface area contributed by atoms with Crippen molar-refractivity contribution in [1.82, 2.24) is 9.88 Å². The maximum Gasteiger partial charge on any atom is 0.279 e. The lowest BCUT2D eigenvalue weighted by atomic mass is 10.2. The highest BCUT2D eigenvalue weighted by Crippen LogP contribution is 2.21. The van der Waals surface area contributed by atoms with Gasteiger partial charge in [-0.2, -0.15) is 4.99 Å². The number of amidine groups is 1. The molecule has 0 radical (unpaired) electrons. The normalized spacial score (nSPS) is 16.2. The molecule has 1 saturated heterocycles. The van der Waals surface area contributed by atoms with Crippen LogP contribution in [0.1, 0.15) is 15.9 Å². The summed E-state index contributed by atoms with van der Waals surface area (Å²) in [5, 5.41) is 0.714. The average Bonchev–Trinajstić information content (AvgIpc) is 2.96. The highest BCUT2D eigenvalue weighted by molar-refractivity contribution is 8.14. The number of carbonyl (C=O) groups excluding carboxylic acids is 1. The molecule has 2 aromatic rings. The van der Waals surface area contributed by atoms with Crippen molar-refractivity contribution in [1.29, 1.82) is 0 Å². The van der Waals surface area contributed by atoms with E-state index in [2.05, 4.69) is 14.9 Å². The second-order valence-electron chi connectivity index (χ2n) is 4.83. The standard InChI is InChI=1S/C16H14FN3OS/c17-14-3-1-13(2-4-14)15(21)19-16-20(9-10-22-16)11-12-5-7-18-8-6-12/h1-8H,9-11H2. The second-order valence-corrected chi connectivity index (χ2v) is 5.89. The van der Waals surface area contributed by atoms with E-state index in [0.29, 0.717) is 17.3 Å². The Labute approximate surface area is 132 Å². The van der Waals surface area contributed by atoms with E-state index in [9.17, 15) is 9.18 Å². The highest BCUT2D eigenvalue weighted by atomic mass is 32.2. The lowest BCUT2D eigenvalue weighted by molar-refractivity contribution is 0.100. The van der Waals surface area contributed by atoms with E-state index in [1.54, 1.807) is 24.2 Å². The first-order chi connectivity index (χ1) is 10.7. The van der Waals surface area contributed by atoms with Gasteiger partial charge in [0.15, 0.2) is 5.17 Å². The molecule has 0 atom stereocenters. The van der Waals surface area contributed by atoms with Crippen molar-refractivity contribution in [3.63, 3.8) is 0 Å². The zero-order valence-electron chi connectivity index (χ0n) is 11.8. The highest BCUT2D eigenvalue weighted by Gasteiger charge is 2.21. The third-order valence-corrected chi connectivity index (χ3v) is 4.27. The molecule has 0 spiro atoms. The van der Waals surface area contributed by atoms with E-state index in [4.69, 9.17) is 0 Å². The number of rotatable bonds is 3. The average molecular weight is 315 g/mol. The maximum atomic E-state index is 12.9. The van der Waals surface area contributed by atoms with Crippen LogP contribution in [-0.2, 0) is 6.54 Å². The Bertz CT molecular complexity index is 688. The minimum absolute atomic E-state index is 0.343. The molecule has 1 aromatic heterocycles. The molecule has 1 aromatic carbocycles. The molecular weight excluding hydrogens is 301 g/mol. The van der Waals surface area contributed by atoms with Gasteiger partial charge in [0.2, 0.25) is 0 Å². The van der Waals surface area contributed by atoms with Gasteiger partial charge in [-0.3, -0.25) is 9.78 Å². The topological polar surface area (TPSA) is 45.6 Å². The van der Waals surface area contributed by atoms with Crippen molar-refractivity contribution in [2.24, 2.45) is 4.99 Å². The van der Waals surface area contributed by atoms with Crippen LogP contribution in [0.5, 0.6) is 0 Å². The zero-order chi connectivity index (χ0) is 15.4. The second kappa shape index (κ2) is 6.70. The van der Waals surface area contributed by atoms with Crippen molar-refractivity contribution in [2.75, 3.05) is 12.3 Å². The Morgan fingerprint density at radius 1 is 1.23 bits per heavy atom. The summed E-state index contributed by atoms with van der Waals surface area (Å²) in [5.41, 5.74) is 1.52. The van der Waals surface area contributed by atoms with Gasteiger partial charge in [0.1, 0.15) is 5.82 Å². The number of nitrogens with zero attached hydrogens (tertiary/aromatic N) is 3. The molecule has 0 aliphatic carbocycles. The number of thioether (sulfide) groups is 1. The number of benzene rings is 1. The molecule has 0 unspecified atom stereocenters. The summed E-state index contributed by atoms with van der Waals surface area (Å²) in [6, 6.07) is 9.34. The van der Waals surface area contributed by atoms with Gasteiger partial charge in [0.25, 0.3) is 5.91 Å². The maximum absolute atomic E-state index is 12.9. The SMILES string of the molecule is O=C(N=C1SCCN1Cc1ccncc1)c1ccc(F)cc1. The number of aromatic nitrogens is 1. The first-order valence-corrected chi connectivity index (χ1v) is 7.86. The predicted octanol–water partition coefficient (Wildman–Crippen LogP) is 2.97. The molecule has 112 valence electrons. The van der Waals surface area contributed by atoms with Gasteiger partial charge >= 0.3 is 0 Å². The van der Waals surface area contributed by atoms with E-state index >= 15 is 0 Å². The molecule has 2 heterocycles. The molecule has 0 saturated carbocycles. The van der Waals surface area contributed by atoms with Crippen LogP contribution in [0.3, 0.4) is 0 Å². The van der Waals surface area contributed by atoms with Gasteiger partial charge in [-0.05, 0) is 42.0 Å². The number of amides is 1. The lowest BCUT2D eigenvalue weighted by Crippen LogP contribution is -2.24. The van der Waals surface area contributed by atoms with Crippen molar-refractivity contribution in [2.45, 2.75) is 6.54 Å². The van der Waals surface area contributed by atoms with Crippen LogP contribution >= 0.6 is 11.8 Å². The van der Waals surface area contributed by atoms with Gasteiger partial charge in [0, 0.05) is 36.8 Å². The smallest absolute Gasteiger partial charge is 0.279 e. The molecule has 0 bridgehead atoms. The molecule has 22 heavy (non-hydrogen) atoms. The molecule has 0 N–H and O–H groups in total. The largest absolute Gasteiger partial charge is 0.346 e. The van der Waals surface area contributed by atoms with Crippen LogP contribution in [-0.4, -0.2) is 33.3 Å². The number of pyridine rings is 1. The number of hydrogen-bond donors (Lipinski definition) is 0. The van der Waals surface area contributed by atoms with Crippen molar-refractivity contribution < 1.29 is 9.18 Å². The van der Waals surface area contributed by atoms with Gasteiger partial charge in [-0.1, -0.05) is 11.8 Å². The Morgan fingerprint density at radius 2 is 1.95 bits per heavy atom. The zero-order valence-corrected chi connectivity index (χ0v) is 12.6. The molecular formula is C16H14FN3OS. The summed E-state index contributed by atoms with van der Waals surface area (Å²) in [7, 11) is 0. The number of hydrogen-bond acceptors (Lipinski definition) is 3. The molecule has 1 aliphatic heterocycles. The lowest BCUT2D eigenvalue weighted by Gasteiger charge is -2.17. The van der Waals surface area contributed by atoms with Crippen LogP contribution in [0.4, 0.5) is 4.39 Å². The summed E-state index contributed by atoms with van der Waals surface area (Å²) in [6.07, 6.45) is 3.50. The van der Waals surface area contributed by atoms with Gasteiger partial charge in [-0.15, -0.1) is 0 Å². The summed E-state index contributed by atoms with van der Waals surface area (Å²) in [5.74, 6) is 0.198. The third kappa shape index (κ3) is 3.51. The first kappa shape index (κ1) is 14.7. The molecule has 4 nitrogen and oxygen atoms in total. The monoisotopic (exact) mass is 315 g/mol. The van der Waals surface area contributed by atoms with Crippen LogP contribution in [0, 0.1) is 5.82 Å². The predicted molar refractivity (Wildman–Crippen MR) is 85.3 cm³/mol. The van der Waals surface area contributed by atoms with Crippen LogP contribution in [0.2, 0.25) is 0 Å². The summed E-state index contributed by atoms with van der Waals surface area (Å²) >= 11 is 1.56. The van der Waals surface area contributed by atoms with Crippen molar-refractivity contribution >= 4 is 22.8 Å². The number of halogens is 1. The van der Waals surface area contributed by atoms with E-state index in [0.717, 1.165) is 17.9 Å². The number of carbonyl (C=O) groups is 1. The first-order valence-electron chi connectivity index (χ1n) is 6.87. The molecule has 1 fully saturated rings. The molecule has 6 heteroatoms. The Balaban J connectivity index is 1.74. The van der Waals surface area contributed by atoms with Gasteiger partial charge < -0.3 is 4.90 Å². The van der Waals surface area contributed by atoms with Crippen LogP contribution in [0.25, 0.3) is 0 Å². The minimum Gasteiger partial charge on any atom is -0.346 e. The van der Waals surface area contributed by atoms with Crippen molar-refractivity contribution in [3.8, 4) is 0 Å². The van der Waals surface area contributed by atoms with E-state index < -0.39 is 0 Å². The fraction of sp³-hybridized carbons (Fsp3) is 0.188. The Kier molecular flexibility index (Phi) is 4.48. The molecule has 1 amide bonds. The van der Waals surface area contributed by atoms with E-state index in [1.807, 2.05) is 12.1 Å². The van der Waals surface area contributed by atoms with Crippen LogP contribution in [0.15, 0.2) is 53.8 Å². The molecule has 1 aliphatic rings. The summed E-state index contributed by atoms with van der Waals surface area (Å²) in [6.45, 7) is 1.55. The quantitative estimate of drug-likeness (QED) is 0.873. The van der Waals surface area contributed by atoms with Crippen LogP contribution < -0.4 is 0 Å². The fourth-order valence-electron chi connectivity index (χ4n) is 2.14. The molecule has 3 rings (SSSR count). The summed E-state index contributed by atoms with van der Waals surface area (Å²) in [4.78, 5) is 22.4.